The van der Waals surface area contributed by atoms with Gasteiger partial charge in [-0.05, 0) is 19.1 Å². The van der Waals surface area contributed by atoms with E-state index < -0.39 is 0 Å². The van der Waals surface area contributed by atoms with Crippen LogP contribution in [0.1, 0.15) is 6.92 Å². The van der Waals surface area contributed by atoms with Crippen LogP contribution in [-0.4, -0.2) is 28.1 Å². The molecule has 0 bridgehead atoms. The number of amides is 2. The molecule has 0 radical (unpaired) electrons. The molecule has 0 saturated heterocycles. The summed E-state index contributed by atoms with van der Waals surface area (Å²) in [5, 5.41) is 2.67. The minimum atomic E-state index is -0.242. The Kier molecular flexibility index (Phi) is 2.59. The predicted octanol–water partition coefficient (Wildman–Crippen LogP) is 2.07. The lowest BCUT2D eigenvalue weighted by atomic mass is 10.1. The summed E-state index contributed by atoms with van der Waals surface area (Å²) in [5.41, 5.74) is 1.51. The normalized spacial score (nSPS) is 25.0. The Bertz CT molecular complexity index is 595. The van der Waals surface area contributed by atoms with Crippen LogP contribution in [0, 0.1) is 0 Å². The summed E-state index contributed by atoms with van der Waals surface area (Å²) in [5.74, 6) is 0.623. The maximum absolute atomic E-state index is 12.0. The standard InChI is InChI=1S/C14H14N4O/c1-10-6-8-18(14(19)16-10)13-11(2)17-7-4-3-5-12(17)9-15-13/h3-9,12H,1H2,2H3,(H,16,19). The molecule has 19 heavy (non-hydrogen) atoms. The van der Waals surface area contributed by atoms with Crippen molar-refractivity contribution in [3.63, 3.8) is 0 Å². The van der Waals surface area contributed by atoms with Gasteiger partial charge >= 0.3 is 6.03 Å². The highest BCUT2D eigenvalue weighted by molar-refractivity contribution is 5.82. The SMILES string of the molecule is C=C1C=CN(C2=C(C)N3C=CC=CC3C=N2)C(=O)N1. The fourth-order valence-corrected chi connectivity index (χ4v) is 2.20. The van der Waals surface area contributed by atoms with Gasteiger partial charge in [0.25, 0.3) is 0 Å². The molecule has 2 amide bonds. The summed E-state index contributed by atoms with van der Waals surface area (Å²) >= 11 is 0. The van der Waals surface area contributed by atoms with E-state index in [1.165, 1.54) is 4.90 Å². The van der Waals surface area contributed by atoms with Crippen LogP contribution in [0.25, 0.3) is 0 Å². The molecule has 3 rings (SSSR count). The van der Waals surface area contributed by atoms with E-state index in [0.29, 0.717) is 11.5 Å². The Hall–Kier alpha value is -2.56. The number of allylic oxidation sites excluding steroid dienone is 4. The van der Waals surface area contributed by atoms with Gasteiger partial charge in [0.2, 0.25) is 0 Å². The quantitative estimate of drug-likeness (QED) is 0.778. The van der Waals surface area contributed by atoms with Crippen molar-refractivity contribution in [1.29, 1.82) is 0 Å². The molecule has 1 N–H and O–H groups in total. The molecule has 3 aliphatic rings. The lowest BCUT2D eigenvalue weighted by Crippen LogP contribution is -2.42. The molecular formula is C14H14N4O. The zero-order valence-corrected chi connectivity index (χ0v) is 10.6. The molecule has 0 saturated carbocycles. The Morgan fingerprint density at radius 2 is 2.21 bits per heavy atom. The third-order valence-electron chi connectivity index (χ3n) is 3.19. The number of hydrogen-bond acceptors (Lipinski definition) is 3. The van der Waals surface area contributed by atoms with Crippen molar-refractivity contribution >= 4 is 12.2 Å². The van der Waals surface area contributed by atoms with Crippen molar-refractivity contribution in [3.05, 3.63) is 60.5 Å². The molecular weight excluding hydrogens is 240 g/mol. The highest BCUT2D eigenvalue weighted by Crippen LogP contribution is 2.26. The number of hydrogen-bond donors (Lipinski definition) is 1. The maximum Gasteiger partial charge on any atom is 0.331 e. The van der Waals surface area contributed by atoms with Gasteiger partial charge in [-0.3, -0.25) is 4.90 Å². The summed E-state index contributed by atoms with van der Waals surface area (Å²) in [6, 6.07) is -0.116. The van der Waals surface area contributed by atoms with E-state index >= 15 is 0 Å². The van der Waals surface area contributed by atoms with Crippen molar-refractivity contribution in [2.75, 3.05) is 0 Å². The smallest absolute Gasteiger partial charge is 0.331 e. The molecule has 1 unspecified atom stereocenters. The first kappa shape index (κ1) is 11.5. The van der Waals surface area contributed by atoms with Crippen molar-refractivity contribution in [2.24, 2.45) is 4.99 Å². The van der Waals surface area contributed by atoms with E-state index in [1.807, 2.05) is 31.5 Å². The Morgan fingerprint density at radius 3 is 3.00 bits per heavy atom. The fourth-order valence-electron chi connectivity index (χ4n) is 2.20. The molecule has 0 spiro atoms. The summed E-state index contributed by atoms with van der Waals surface area (Å²) in [6.07, 6.45) is 13.2. The van der Waals surface area contributed by atoms with Crippen molar-refractivity contribution in [3.8, 4) is 0 Å². The average Bonchev–Trinajstić information content (AvgIpc) is 2.41. The van der Waals surface area contributed by atoms with Crippen LogP contribution in [0.5, 0.6) is 0 Å². The number of carbonyl (C=O) groups excluding carboxylic acids is 1. The Labute approximate surface area is 111 Å². The van der Waals surface area contributed by atoms with Crippen LogP contribution in [0.3, 0.4) is 0 Å². The molecule has 3 aliphatic heterocycles. The van der Waals surface area contributed by atoms with E-state index in [-0.39, 0.29) is 12.1 Å². The monoisotopic (exact) mass is 254 g/mol. The largest absolute Gasteiger partial charge is 0.337 e. The van der Waals surface area contributed by atoms with Gasteiger partial charge in [0.15, 0.2) is 5.82 Å². The topological polar surface area (TPSA) is 47.9 Å². The number of fused-ring (bicyclic) bond motifs is 1. The van der Waals surface area contributed by atoms with Crippen LogP contribution in [0.2, 0.25) is 0 Å². The third-order valence-corrected chi connectivity index (χ3v) is 3.19. The molecule has 5 nitrogen and oxygen atoms in total. The molecule has 96 valence electrons. The highest BCUT2D eigenvalue weighted by Gasteiger charge is 2.27. The van der Waals surface area contributed by atoms with E-state index in [1.54, 1.807) is 12.3 Å². The average molecular weight is 254 g/mol. The van der Waals surface area contributed by atoms with Crippen molar-refractivity contribution in [1.82, 2.24) is 15.1 Å². The first-order chi connectivity index (χ1) is 9.16. The van der Waals surface area contributed by atoms with Gasteiger partial charge in [-0.1, -0.05) is 18.7 Å². The first-order valence-corrected chi connectivity index (χ1v) is 6.02. The van der Waals surface area contributed by atoms with Crippen molar-refractivity contribution < 1.29 is 4.79 Å². The minimum Gasteiger partial charge on any atom is -0.337 e. The highest BCUT2D eigenvalue weighted by atomic mass is 16.2. The number of nitrogens with one attached hydrogen (secondary N) is 1. The predicted molar refractivity (Wildman–Crippen MR) is 73.7 cm³/mol. The lowest BCUT2D eigenvalue weighted by molar-refractivity contribution is 0.223. The van der Waals surface area contributed by atoms with E-state index in [0.717, 1.165) is 5.70 Å². The van der Waals surface area contributed by atoms with Gasteiger partial charge in [-0.15, -0.1) is 0 Å². The second-order valence-electron chi connectivity index (χ2n) is 4.45. The number of aliphatic imine (C=N–C) groups is 1. The van der Waals surface area contributed by atoms with E-state index in [4.69, 9.17) is 0 Å². The minimum absolute atomic E-state index is 0.126. The van der Waals surface area contributed by atoms with Gasteiger partial charge < -0.3 is 10.2 Å². The number of urea groups is 1. The zero-order chi connectivity index (χ0) is 13.4. The first-order valence-electron chi connectivity index (χ1n) is 6.02. The number of rotatable bonds is 1. The van der Waals surface area contributed by atoms with Crippen LogP contribution in [0.4, 0.5) is 4.79 Å². The van der Waals surface area contributed by atoms with Crippen LogP contribution < -0.4 is 5.32 Å². The van der Waals surface area contributed by atoms with Crippen LogP contribution in [-0.2, 0) is 0 Å². The Morgan fingerprint density at radius 1 is 1.37 bits per heavy atom. The van der Waals surface area contributed by atoms with Gasteiger partial charge in [0.1, 0.15) is 0 Å². The maximum atomic E-state index is 12.0. The summed E-state index contributed by atoms with van der Waals surface area (Å²) in [6.45, 7) is 5.65. The molecule has 3 heterocycles. The third kappa shape index (κ3) is 1.89. The van der Waals surface area contributed by atoms with Gasteiger partial charge in [-0.2, -0.15) is 0 Å². The molecule has 0 aliphatic carbocycles. The lowest BCUT2D eigenvalue weighted by Gasteiger charge is -2.35. The fraction of sp³-hybridized carbons (Fsp3) is 0.143. The molecule has 0 aromatic rings. The molecule has 0 aromatic carbocycles. The second kappa shape index (κ2) is 4.28. The second-order valence-corrected chi connectivity index (χ2v) is 4.45. The molecule has 5 heteroatoms. The van der Waals surface area contributed by atoms with Gasteiger partial charge in [-0.25, -0.2) is 9.79 Å². The number of nitrogens with zero attached hydrogens (tertiary/aromatic N) is 3. The number of carbonyl (C=O) groups is 1. The summed E-state index contributed by atoms with van der Waals surface area (Å²) < 4.78 is 0. The van der Waals surface area contributed by atoms with E-state index in [9.17, 15) is 4.79 Å². The molecule has 0 fully saturated rings. The van der Waals surface area contributed by atoms with Gasteiger partial charge in [0.05, 0.1) is 11.7 Å². The molecule has 0 aromatic heterocycles. The summed E-state index contributed by atoms with van der Waals surface area (Å²) in [4.78, 5) is 19.9. The van der Waals surface area contributed by atoms with Crippen LogP contribution in [0.15, 0.2) is 65.5 Å². The molecule has 1 atom stereocenters. The summed E-state index contributed by atoms with van der Waals surface area (Å²) in [7, 11) is 0. The van der Waals surface area contributed by atoms with Gasteiger partial charge in [0, 0.05) is 24.3 Å². The zero-order valence-electron chi connectivity index (χ0n) is 10.6. The van der Waals surface area contributed by atoms with Crippen LogP contribution >= 0.6 is 0 Å². The van der Waals surface area contributed by atoms with E-state index in [2.05, 4.69) is 27.9 Å². The van der Waals surface area contributed by atoms with Crippen molar-refractivity contribution in [2.45, 2.75) is 13.0 Å². The Balaban J connectivity index is 1.97.